The average molecular weight is 289 g/mol. The van der Waals surface area contributed by atoms with Crippen LogP contribution in [0.4, 0.5) is 5.69 Å². The molecule has 19 heavy (non-hydrogen) atoms. The number of rotatable bonds is 3. The van der Waals surface area contributed by atoms with Gasteiger partial charge in [0.25, 0.3) is 5.91 Å². The molecule has 0 unspecified atom stereocenters. The summed E-state index contributed by atoms with van der Waals surface area (Å²) in [5.41, 5.74) is 6.55. The van der Waals surface area contributed by atoms with Crippen LogP contribution in [0.3, 0.4) is 0 Å². The van der Waals surface area contributed by atoms with E-state index in [9.17, 15) is 4.79 Å². The summed E-state index contributed by atoms with van der Waals surface area (Å²) in [6.45, 7) is 0.530. The maximum absolute atomic E-state index is 12.1. The molecule has 3 rings (SSSR count). The Bertz CT molecular complexity index is 719. The van der Waals surface area contributed by atoms with Gasteiger partial charge in [-0.1, -0.05) is 6.07 Å². The minimum atomic E-state index is -0.132. The van der Waals surface area contributed by atoms with Crippen LogP contribution in [0.25, 0.3) is 10.1 Å². The Morgan fingerprint density at radius 2 is 2.32 bits per heavy atom. The number of nitrogens with two attached hydrogens (primary N) is 1. The van der Waals surface area contributed by atoms with E-state index in [1.54, 1.807) is 23.7 Å². The van der Waals surface area contributed by atoms with Crippen molar-refractivity contribution in [2.24, 2.45) is 0 Å². The van der Waals surface area contributed by atoms with Gasteiger partial charge in [-0.05, 0) is 17.5 Å². The van der Waals surface area contributed by atoms with Crippen molar-refractivity contribution in [2.75, 3.05) is 5.73 Å². The van der Waals surface area contributed by atoms with Crippen LogP contribution in [0.15, 0.2) is 36.0 Å². The molecule has 0 bridgehead atoms. The molecule has 96 valence electrons. The first-order valence-corrected chi connectivity index (χ1v) is 7.38. The summed E-state index contributed by atoms with van der Waals surface area (Å²) in [4.78, 5) is 17.8. The SMILES string of the molecule is Nc1c(C(=O)NCc2cccs2)sc2cnccc12. The van der Waals surface area contributed by atoms with Gasteiger partial charge in [0.05, 0.1) is 16.9 Å². The maximum atomic E-state index is 12.1. The van der Waals surface area contributed by atoms with E-state index in [4.69, 9.17) is 5.73 Å². The van der Waals surface area contributed by atoms with Gasteiger partial charge in [0.15, 0.2) is 0 Å². The summed E-state index contributed by atoms with van der Waals surface area (Å²) in [6.07, 6.45) is 3.41. The van der Waals surface area contributed by atoms with Crippen molar-refractivity contribution in [3.8, 4) is 0 Å². The van der Waals surface area contributed by atoms with E-state index in [0.29, 0.717) is 17.1 Å². The molecule has 0 aromatic carbocycles. The first kappa shape index (κ1) is 12.1. The number of nitrogen functional groups attached to an aromatic ring is 1. The number of aromatic nitrogens is 1. The second kappa shape index (κ2) is 4.99. The number of thiophene rings is 2. The van der Waals surface area contributed by atoms with Gasteiger partial charge >= 0.3 is 0 Å². The number of carbonyl (C=O) groups excluding carboxylic acids is 1. The van der Waals surface area contributed by atoms with E-state index in [1.807, 2.05) is 23.6 Å². The molecule has 3 heterocycles. The quantitative estimate of drug-likeness (QED) is 0.779. The first-order chi connectivity index (χ1) is 9.25. The predicted molar refractivity (Wildman–Crippen MR) is 79.5 cm³/mol. The maximum Gasteiger partial charge on any atom is 0.263 e. The molecule has 0 saturated heterocycles. The van der Waals surface area contributed by atoms with E-state index >= 15 is 0 Å². The molecule has 3 aromatic heterocycles. The van der Waals surface area contributed by atoms with Gasteiger partial charge in [-0.3, -0.25) is 9.78 Å². The zero-order valence-electron chi connectivity index (χ0n) is 9.92. The molecule has 6 heteroatoms. The molecular weight excluding hydrogens is 278 g/mol. The normalized spacial score (nSPS) is 10.7. The van der Waals surface area contributed by atoms with E-state index in [0.717, 1.165) is 15.0 Å². The summed E-state index contributed by atoms with van der Waals surface area (Å²) in [5.74, 6) is -0.132. The number of carbonyl (C=O) groups is 1. The lowest BCUT2D eigenvalue weighted by Crippen LogP contribution is -2.22. The lowest BCUT2D eigenvalue weighted by Gasteiger charge is -2.02. The Morgan fingerprint density at radius 1 is 1.42 bits per heavy atom. The van der Waals surface area contributed by atoms with Crippen molar-refractivity contribution in [3.05, 3.63) is 45.7 Å². The Hall–Kier alpha value is -1.92. The van der Waals surface area contributed by atoms with Crippen molar-refractivity contribution in [2.45, 2.75) is 6.54 Å². The molecule has 0 aliphatic heterocycles. The fourth-order valence-corrected chi connectivity index (χ4v) is 3.45. The van der Waals surface area contributed by atoms with Crippen LogP contribution in [0.1, 0.15) is 14.5 Å². The van der Waals surface area contributed by atoms with Gasteiger partial charge < -0.3 is 11.1 Å². The van der Waals surface area contributed by atoms with Crippen molar-refractivity contribution in [1.82, 2.24) is 10.3 Å². The zero-order valence-corrected chi connectivity index (χ0v) is 11.6. The Kier molecular flexibility index (Phi) is 3.18. The number of pyridine rings is 1. The van der Waals surface area contributed by atoms with Crippen LogP contribution in [0, 0.1) is 0 Å². The zero-order chi connectivity index (χ0) is 13.2. The molecule has 3 N–H and O–H groups in total. The summed E-state index contributed by atoms with van der Waals surface area (Å²) in [7, 11) is 0. The van der Waals surface area contributed by atoms with Gasteiger partial charge in [-0.15, -0.1) is 22.7 Å². The molecule has 0 radical (unpaired) electrons. The summed E-state index contributed by atoms with van der Waals surface area (Å²) in [6, 6.07) is 5.78. The van der Waals surface area contributed by atoms with Crippen LogP contribution in [-0.2, 0) is 6.54 Å². The van der Waals surface area contributed by atoms with Gasteiger partial charge in [-0.25, -0.2) is 0 Å². The minimum Gasteiger partial charge on any atom is -0.397 e. The van der Waals surface area contributed by atoms with Crippen LogP contribution >= 0.6 is 22.7 Å². The summed E-state index contributed by atoms with van der Waals surface area (Å²) < 4.78 is 0.932. The Labute approximate surface area is 117 Å². The van der Waals surface area contributed by atoms with Gasteiger partial charge in [-0.2, -0.15) is 0 Å². The highest BCUT2D eigenvalue weighted by atomic mass is 32.1. The molecule has 0 fully saturated rings. The number of anilines is 1. The molecule has 0 aliphatic rings. The first-order valence-electron chi connectivity index (χ1n) is 5.68. The fraction of sp³-hybridized carbons (Fsp3) is 0.0769. The third-order valence-electron chi connectivity index (χ3n) is 2.74. The van der Waals surface area contributed by atoms with E-state index in [1.165, 1.54) is 11.3 Å². The van der Waals surface area contributed by atoms with Gasteiger partial charge in [0.1, 0.15) is 4.88 Å². The molecule has 0 spiro atoms. The molecule has 0 atom stereocenters. The van der Waals surface area contributed by atoms with E-state index in [2.05, 4.69) is 10.3 Å². The lowest BCUT2D eigenvalue weighted by atomic mass is 10.2. The second-order valence-corrected chi connectivity index (χ2v) is 6.06. The third kappa shape index (κ3) is 2.32. The highest BCUT2D eigenvalue weighted by Gasteiger charge is 2.15. The highest BCUT2D eigenvalue weighted by molar-refractivity contribution is 7.21. The second-order valence-electron chi connectivity index (χ2n) is 3.98. The summed E-state index contributed by atoms with van der Waals surface area (Å²) >= 11 is 2.99. The Morgan fingerprint density at radius 3 is 3.05 bits per heavy atom. The molecular formula is C13H11N3OS2. The van der Waals surface area contributed by atoms with E-state index < -0.39 is 0 Å². The number of hydrogen-bond donors (Lipinski definition) is 2. The number of nitrogens with zero attached hydrogens (tertiary/aromatic N) is 1. The van der Waals surface area contributed by atoms with E-state index in [-0.39, 0.29) is 5.91 Å². The van der Waals surface area contributed by atoms with Crippen LogP contribution < -0.4 is 11.1 Å². The van der Waals surface area contributed by atoms with Crippen LogP contribution in [0.5, 0.6) is 0 Å². The number of amides is 1. The lowest BCUT2D eigenvalue weighted by molar-refractivity contribution is 0.0956. The monoisotopic (exact) mass is 289 g/mol. The smallest absolute Gasteiger partial charge is 0.263 e. The standard InChI is InChI=1S/C13H11N3OS2/c14-11-9-3-4-15-7-10(9)19-12(11)13(17)16-6-8-2-1-5-18-8/h1-5,7H,6,14H2,(H,16,17). The molecule has 3 aromatic rings. The summed E-state index contributed by atoms with van der Waals surface area (Å²) in [5, 5.41) is 5.76. The highest BCUT2D eigenvalue weighted by Crippen LogP contribution is 2.32. The van der Waals surface area contributed by atoms with Gasteiger partial charge in [0.2, 0.25) is 0 Å². The minimum absolute atomic E-state index is 0.132. The molecule has 4 nitrogen and oxygen atoms in total. The fourth-order valence-electron chi connectivity index (χ4n) is 1.80. The largest absolute Gasteiger partial charge is 0.397 e. The molecule has 0 saturated carbocycles. The van der Waals surface area contributed by atoms with Crippen molar-refractivity contribution >= 4 is 44.4 Å². The van der Waals surface area contributed by atoms with Crippen molar-refractivity contribution < 1.29 is 4.79 Å². The van der Waals surface area contributed by atoms with Crippen LogP contribution in [-0.4, -0.2) is 10.9 Å². The average Bonchev–Trinajstić information content (AvgIpc) is 3.05. The van der Waals surface area contributed by atoms with Crippen molar-refractivity contribution in [3.63, 3.8) is 0 Å². The van der Waals surface area contributed by atoms with Gasteiger partial charge in [0, 0.05) is 22.7 Å². The predicted octanol–water partition coefficient (Wildman–Crippen LogP) is 2.87. The number of hydrogen-bond acceptors (Lipinski definition) is 5. The van der Waals surface area contributed by atoms with Crippen molar-refractivity contribution in [1.29, 1.82) is 0 Å². The van der Waals surface area contributed by atoms with Crippen LogP contribution in [0.2, 0.25) is 0 Å². The topological polar surface area (TPSA) is 68.0 Å². The number of fused-ring (bicyclic) bond motifs is 1. The number of nitrogens with one attached hydrogen (secondary N) is 1. The third-order valence-corrected chi connectivity index (χ3v) is 4.77. The Balaban J connectivity index is 1.83. The molecule has 0 aliphatic carbocycles. The molecule has 1 amide bonds.